The van der Waals surface area contributed by atoms with Crippen molar-refractivity contribution in [1.29, 1.82) is 0 Å². The van der Waals surface area contributed by atoms with Gasteiger partial charge in [-0.25, -0.2) is 0 Å². The van der Waals surface area contributed by atoms with E-state index >= 15 is 0 Å². The predicted molar refractivity (Wildman–Crippen MR) is 147 cm³/mol. The summed E-state index contributed by atoms with van der Waals surface area (Å²) in [5, 5.41) is 4.57. The Hall–Kier alpha value is -3.90. The van der Waals surface area contributed by atoms with Crippen molar-refractivity contribution in [3.63, 3.8) is 0 Å². The van der Waals surface area contributed by atoms with Gasteiger partial charge in [0.1, 0.15) is 6.04 Å². The number of H-pyrrole nitrogens is 1. The number of carbonyl (C=O) groups is 2. The summed E-state index contributed by atoms with van der Waals surface area (Å²) in [6.45, 7) is 3.73. The number of aromatic amines is 1. The lowest BCUT2D eigenvalue weighted by molar-refractivity contribution is -0.148. The molecule has 0 saturated carbocycles. The van der Waals surface area contributed by atoms with E-state index in [4.69, 9.17) is 0 Å². The maximum atomic E-state index is 14.0. The Kier molecular flexibility index (Phi) is 7.37. The number of hydrogen-bond acceptors (Lipinski definition) is 3. The first kappa shape index (κ1) is 24.8. The topological polar surface area (TPSA) is 68.4 Å². The van der Waals surface area contributed by atoms with Crippen LogP contribution in [0.25, 0.3) is 10.9 Å². The van der Waals surface area contributed by atoms with Crippen molar-refractivity contribution in [2.75, 3.05) is 20.1 Å². The second-order valence-corrected chi connectivity index (χ2v) is 9.93. The fraction of sp³-hybridized carbons (Fsp3) is 0.290. The zero-order valence-electron chi connectivity index (χ0n) is 21.4. The minimum absolute atomic E-state index is 0.0218. The molecule has 2 amide bonds. The van der Waals surface area contributed by atoms with Gasteiger partial charge in [-0.1, -0.05) is 85.8 Å². The van der Waals surface area contributed by atoms with Gasteiger partial charge in [-0.2, -0.15) is 0 Å². The maximum Gasteiger partial charge on any atom is 0.245 e. The molecule has 1 saturated heterocycles. The molecular weight excluding hydrogens is 460 g/mol. The molecule has 1 aromatic heterocycles. The number of rotatable bonds is 8. The molecule has 3 aromatic carbocycles. The number of hydrogen-bond donors (Lipinski definition) is 2. The van der Waals surface area contributed by atoms with E-state index in [0.717, 1.165) is 27.6 Å². The molecule has 0 aliphatic carbocycles. The zero-order chi connectivity index (χ0) is 25.8. The van der Waals surface area contributed by atoms with Crippen molar-refractivity contribution in [3.05, 3.63) is 108 Å². The van der Waals surface area contributed by atoms with Crippen molar-refractivity contribution < 1.29 is 9.59 Å². The van der Waals surface area contributed by atoms with Crippen molar-refractivity contribution in [1.82, 2.24) is 20.1 Å². The molecule has 6 nitrogen and oxygen atoms in total. The van der Waals surface area contributed by atoms with Crippen LogP contribution in [0.1, 0.15) is 29.5 Å². The van der Waals surface area contributed by atoms with E-state index in [1.54, 1.807) is 4.90 Å². The van der Waals surface area contributed by atoms with Crippen LogP contribution in [-0.4, -0.2) is 58.8 Å². The summed E-state index contributed by atoms with van der Waals surface area (Å²) in [7, 11) is 1.83. The van der Waals surface area contributed by atoms with Crippen LogP contribution in [0.15, 0.2) is 91.1 Å². The standard InChI is InChI=1S/C31H34N4O2/c1-22(26-20-33-27-16-10-9-15-25(26)27)29-31(37)35(18-17-32-29)28(19-23-11-5-3-6-12-23)30(36)34(2)21-24-13-7-4-8-14-24/h3-16,20,22,28-29,32-33H,17-19,21H2,1-2H3/t22?,28-,29+/m1/s1. The monoisotopic (exact) mass is 494 g/mol. The molecule has 0 radical (unpaired) electrons. The van der Waals surface area contributed by atoms with E-state index in [-0.39, 0.29) is 17.7 Å². The third-order valence-corrected chi connectivity index (χ3v) is 7.45. The molecule has 0 bridgehead atoms. The molecular formula is C31H34N4O2. The Morgan fingerprint density at radius 3 is 2.35 bits per heavy atom. The van der Waals surface area contributed by atoms with Gasteiger partial charge in [0.05, 0.1) is 6.04 Å². The van der Waals surface area contributed by atoms with E-state index in [1.807, 2.05) is 97.0 Å². The fourth-order valence-electron chi connectivity index (χ4n) is 5.42. The number of piperazine rings is 1. The first-order valence-electron chi connectivity index (χ1n) is 13.0. The molecule has 37 heavy (non-hydrogen) atoms. The van der Waals surface area contributed by atoms with Crippen LogP contribution < -0.4 is 5.32 Å². The van der Waals surface area contributed by atoms with Gasteiger partial charge in [-0.15, -0.1) is 0 Å². The summed E-state index contributed by atoms with van der Waals surface area (Å²) in [6, 6.07) is 27.1. The van der Waals surface area contributed by atoms with Crippen LogP contribution in [0, 0.1) is 0 Å². The lowest BCUT2D eigenvalue weighted by atomic mass is 9.90. The van der Waals surface area contributed by atoms with Crippen molar-refractivity contribution >= 4 is 22.7 Å². The van der Waals surface area contributed by atoms with Crippen LogP contribution in [0.2, 0.25) is 0 Å². The molecule has 5 rings (SSSR count). The number of para-hydroxylation sites is 1. The Bertz CT molecular complexity index is 1350. The average molecular weight is 495 g/mol. The van der Waals surface area contributed by atoms with Crippen LogP contribution in [0.3, 0.4) is 0 Å². The largest absolute Gasteiger partial charge is 0.361 e. The highest BCUT2D eigenvalue weighted by atomic mass is 16.2. The maximum absolute atomic E-state index is 14.0. The first-order chi connectivity index (χ1) is 18.0. The average Bonchev–Trinajstić information content (AvgIpc) is 3.37. The highest BCUT2D eigenvalue weighted by Crippen LogP contribution is 2.30. The molecule has 2 N–H and O–H groups in total. The normalized spacial score (nSPS) is 17.5. The predicted octanol–water partition coefficient (Wildman–Crippen LogP) is 4.34. The molecule has 0 spiro atoms. The molecule has 6 heteroatoms. The molecule has 3 atom stereocenters. The Morgan fingerprint density at radius 1 is 0.973 bits per heavy atom. The number of nitrogens with zero attached hydrogens (tertiary/aromatic N) is 2. The number of nitrogens with one attached hydrogen (secondary N) is 2. The summed E-state index contributed by atoms with van der Waals surface area (Å²) in [4.78, 5) is 34.8. The number of fused-ring (bicyclic) bond motifs is 1. The van der Waals surface area contributed by atoms with Gasteiger partial charge in [0.25, 0.3) is 0 Å². The van der Waals surface area contributed by atoms with Crippen molar-refractivity contribution in [2.45, 2.75) is 37.9 Å². The SMILES string of the molecule is CC(c1c[nH]c2ccccc12)[C@@H]1NCCN([C@H](Cc2ccccc2)C(=O)N(C)Cc2ccccc2)C1=O. The minimum atomic E-state index is -0.566. The molecule has 190 valence electrons. The second-order valence-electron chi connectivity index (χ2n) is 9.93. The van der Waals surface area contributed by atoms with E-state index in [9.17, 15) is 9.59 Å². The smallest absolute Gasteiger partial charge is 0.245 e. The summed E-state index contributed by atoms with van der Waals surface area (Å²) < 4.78 is 0. The van der Waals surface area contributed by atoms with E-state index < -0.39 is 12.1 Å². The summed E-state index contributed by atoms with van der Waals surface area (Å²) in [5.74, 6) is -0.117. The Morgan fingerprint density at radius 2 is 1.62 bits per heavy atom. The highest BCUT2D eigenvalue weighted by Gasteiger charge is 2.40. The summed E-state index contributed by atoms with van der Waals surface area (Å²) in [6.07, 6.45) is 2.49. The van der Waals surface area contributed by atoms with E-state index in [2.05, 4.69) is 23.3 Å². The highest BCUT2D eigenvalue weighted by molar-refractivity contribution is 5.92. The van der Waals surface area contributed by atoms with Gasteiger partial charge in [-0.3, -0.25) is 9.59 Å². The second kappa shape index (κ2) is 11.0. The van der Waals surface area contributed by atoms with Gasteiger partial charge in [0, 0.05) is 56.1 Å². The zero-order valence-corrected chi connectivity index (χ0v) is 21.4. The third kappa shape index (κ3) is 5.30. The van der Waals surface area contributed by atoms with Crippen molar-refractivity contribution in [2.24, 2.45) is 0 Å². The Balaban J connectivity index is 1.41. The minimum Gasteiger partial charge on any atom is -0.361 e. The fourth-order valence-corrected chi connectivity index (χ4v) is 5.42. The van der Waals surface area contributed by atoms with Gasteiger partial charge in [0.15, 0.2) is 0 Å². The van der Waals surface area contributed by atoms with Gasteiger partial charge < -0.3 is 20.1 Å². The summed E-state index contributed by atoms with van der Waals surface area (Å²) >= 11 is 0. The lowest BCUT2D eigenvalue weighted by Gasteiger charge is -2.41. The Labute approximate surface area is 218 Å². The molecule has 2 heterocycles. The van der Waals surface area contributed by atoms with Crippen LogP contribution >= 0.6 is 0 Å². The number of aromatic nitrogens is 1. The first-order valence-corrected chi connectivity index (χ1v) is 13.0. The number of benzene rings is 3. The van der Waals surface area contributed by atoms with Gasteiger partial charge >= 0.3 is 0 Å². The lowest BCUT2D eigenvalue weighted by Crippen LogP contribution is -2.62. The molecule has 4 aromatic rings. The number of carbonyl (C=O) groups excluding carboxylic acids is 2. The van der Waals surface area contributed by atoms with Crippen molar-refractivity contribution in [3.8, 4) is 0 Å². The molecule has 1 aliphatic heterocycles. The van der Waals surface area contributed by atoms with Gasteiger partial charge in [-0.05, 0) is 22.8 Å². The summed E-state index contributed by atoms with van der Waals surface area (Å²) in [5.41, 5.74) is 4.27. The van der Waals surface area contributed by atoms with Gasteiger partial charge in [0.2, 0.25) is 11.8 Å². The van der Waals surface area contributed by atoms with Crippen LogP contribution in [-0.2, 0) is 22.6 Å². The molecule has 1 aliphatic rings. The van der Waals surface area contributed by atoms with E-state index in [1.165, 1.54) is 0 Å². The quantitative estimate of drug-likeness (QED) is 0.383. The number of likely N-dealkylation sites (N-methyl/N-ethyl adjacent to an activating group) is 1. The third-order valence-electron chi connectivity index (χ3n) is 7.45. The molecule has 1 fully saturated rings. The van der Waals surface area contributed by atoms with Crippen LogP contribution in [0.5, 0.6) is 0 Å². The van der Waals surface area contributed by atoms with E-state index in [0.29, 0.717) is 26.1 Å². The van der Waals surface area contributed by atoms with Crippen LogP contribution in [0.4, 0.5) is 0 Å². The number of amides is 2. The molecule has 1 unspecified atom stereocenters.